The largest absolute Gasteiger partial charge is 0.490 e. The van der Waals surface area contributed by atoms with Gasteiger partial charge in [0.2, 0.25) is 5.88 Å². The molecule has 0 radical (unpaired) electrons. The molecule has 0 N–H and O–H groups in total. The molecule has 2 aliphatic rings. The Bertz CT molecular complexity index is 1330. The van der Waals surface area contributed by atoms with Crippen molar-refractivity contribution in [3.05, 3.63) is 63.4 Å². The molecule has 214 valence electrons. The van der Waals surface area contributed by atoms with Crippen molar-refractivity contribution in [1.82, 2.24) is 14.5 Å². The number of alkyl halides is 3. The van der Waals surface area contributed by atoms with Gasteiger partial charge in [0.25, 0.3) is 0 Å². The Kier molecular flexibility index (Phi) is 8.19. The van der Waals surface area contributed by atoms with Gasteiger partial charge in [-0.1, -0.05) is 11.6 Å². The maximum absolute atomic E-state index is 12.8. The predicted molar refractivity (Wildman–Crippen MR) is 139 cm³/mol. The first-order chi connectivity index (χ1) is 19.2. The summed E-state index contributed by atoms with van der Waals surface area (Å²) in [4.78, 5) is 20.3. The minimum Gasteiger partial charge on any atom is -0.490 e. The molecule has 0 saturated carbocycles. The minimum absolute atomic E-state index is 0.0136. The summed E-state index contributed by atoms with van der Waals surface area (Å²) in [5.74, 6) is 0.916. The minimum atomic E-state index is -4.50. The molecule has 5 rings (SSSR count). The topological polar surface area (TPSA) is 105 Å². The molecule has 14 heteroatoms. The number of aromatic nitrogens is 3. The number of rotatable bonds is 9. The lowest BCUT2D eigenvalue weighted by Gasteiger charge is -2.33. The molecule has 2 aromatic heterocycles. The van der Waals surface area contributed by atoms with Gasteiger partial charge in [0, 0.05) is 42.9 Å². The Morgan fingerprint density at radius 3 is 2.55 bits per heavy atom. The standard InChI is InChI=1S/C26H27ClF3N5O5/c27-22-13-18(26(28,29)30)14-31-24(22)38-12-8-17-5-9-33(10-6-17)19-1-3-20(4-2-19)39-16-21-7-11-34-15-23(35(36)37)32-25(34)40-21/h1-4,13-15,17,21H,5-12,16H2/t21-/m1/s1. The second kappa shape index (κ2) is 11.8. The first-order valence-electron chi connectivity index (χ1n) is 12.9. The van der Waals surface area contributed by atoms with Crippen LogP contribution >= 0.6 is 11.6 Å². The van der Waals surface area contributed by atoms with Gasteiger partial charge in [0.1, 0.15) is 29.7 Å². The number of hydrogen-bond acceptors (Lipinski definition) is 8. The summed E-state index contributed by atoms with van der Waals surface area (Å²) in [6.07, 6.45) is 0.697. The lowest BCUT2D eigenvalue weighted by molar-refractivity contribution is -0.389. The van der Waals surface area contributed by atoms with Crippen LogP contribution in [0.5, 0.6) is 17.6 Å². The molecule has 1 fully saturated rings. The Morgan fingerprint density at radius 1 is 1.12 bits per heavy atom. The van der Waals surface area contributed by atoms with Gasteiger partial charge in [-0.15, -0.1) is 0 Å². The highest BCUT2D eigenvalue weighted by Gasteiger charge is 2.32. The van der Waals surface area contributed by atoms with Gasteiger partial charge in [-0.2, -0.15) is 13.2 Å². The van der Waals surface area contributed by atoms with Gasteiger partial charge in [-0.25, -0.2) is 4.98 Å². The molecule has 3 aromatic rings. The van der Waals surface area contributed by atoms with E-state index in [2.05, 4.69) is 14.9 Å². The van der Waals surface area contributed by atoms with Crippen LogP contribution in [0.3, 0.4) is 0 Å². The number of benzene rings is 1. The number of hydrogen-bond donors (Lipinski definition) is 0. The molecule has 0 spiro atoms. The van der Waals surface area contributed by atoms with E-state index >= 15 is 0 Å². The van der Waals surface area contributed by atoms with Crippen molar-refractivity contribution in [2.45, 2.75) is 44.5 Å². The third kappa shape index (κ3) is 6.69. The maximum atomic E-state index is 12.8. The van der Waals surface area contributed by atoms with E-state index in [1.54, 1.807) is 4.57 Å². The van der Waals surface area contributed by atoms with Gasteiger partial charge in [-0.3, -0.25) is 4.57 Å². The van der Waals surface area contributed by atoms with Crippen molar-refractivity contribution < 1.29 is 32.3 Å². The molecule has 10 nitrogen and oxygen atoms in total. The number of aryl methyl sites for hydroxylation is 1. The number of imidazole rings is 1. The molecule has 0 unspecified atom stereocenters. The SMILES string of the molecule is O=[N+]([O-])c1cn2c(n1)O[C@@H](COc1ccc(N3CCC(CCOc4ncc(C(F)(F)F)cc4Cl)CC3)cc1)CC2. The molecule has 2 aliphatic heterocycles. The van der Waals surface area contributed by atoms with Crippen LogP contribution in [-0.2, 0) is 12.7 Å². The van der Waals surface area contributed by atoms with E-state index in [-0.39, 0.29) is 28.8 Å². The summed E-state index contributed by atoms with van der Waals surface area (Å²) in [5.41, 5.74) is 0.185. The number of anilines is 1. The van der Waals surface area contributed by atoms with E-state index in [0.29, 0.717) is 37.8 Å². The summed E-state index contributed by atoms with van der Waals surface area (Å²) in [6.45, 7) is 2.96. The zero-order valence-corrected chi connectivity index (χ0v) is 22.1. The normalized spacial score (nSPS) is 17.7. The quantitative estimate of drug-likeness (QED) is 0.231. The highest BCUT2D eigenvalue weighted by Crippen LogP contribution is 2.34. The Morgan fingerprint density at radius 2 is 1.88 bits per heavy atom. The van der Waals surface area contributed by atoms with E-state index in [9.17, 15) is 23.3 Å². The third-order valence-corrected chi connectivity index (χ3v) is 7.30. The van der Waals surface area contributed by atoms with Crippen molar-refractivity contribution in [3.8, 4) is 17.6 Å². The Balaban J connectivity index is 1.03. The van der Waals surface area contributed by atoms with Crippen LogP contribution in [0, 0.1) is 16.0 Å². The van der Waals surface area contributed by atoms with Crippen molar-refractivity contribution in [2.24, 2.45) is 5.92 Å². The summed E-state index contributed by atoms with van der Waals surface area (Å²) >= 11 is 5.91. The predicted octanol–water partition coefficient (Wildman–Crippen LogP) is 5.77. The van der Waals surface area contributed by atoms with Crippen molar-refractivity contribution in [3.63, 3.8) is 0 Å². The van der Waals surface area contributed by atoms with Gasteiger partial charge in [0.15, 0.2) is 0 Å². The first kappa shape index (κ1) is 27.8. The molecule has 0 bridgehead atoms. The molecule has 0 aliphatic carbocycles. The fraction of sp³-hybridized carbons (Fsp3) is 0.462. The van der Waals surface area contributed by atoms with Crippen molar-refractivity contribution in [2.75, 3.05) is 31.2 Å². The Labute approximate surface area is 232 Å². The number of nitro groups is 1. The van der Waals surface area contributed by atoms with Gasteiger partial charge >= 0.3 is 18.0 Å². The van der Waals surface area contributed by atoms with Crippen LogP contribution in [0.2, 0.25) is 5.02 Å². The number of ether oxygens (including phenoxy) is 3. The molecular weight excluding hydrogens is 555 g/mol. The van der Waals surface area contributed by atoms with Crippen LogP contribution < -0.4 is 19.1 Å². The van der Waals surface area contributed by atoms with Crippen LogP contribution in [-0.4, -0.2) is 51.9 Å². The zero-order valence-electron chi connectivity index (χ0n) is 21.3. The molecule has 0 amide bonds. The number of fused-ring (bicyclic) bond motifs is 1. The highest BCUT2D eigenvalue weighted by atomic mass is 35.5. The molecule has 40 heavy (non-hydrogen) atoms. The van der Waals surface area contributed by atoms with E-state index < -0.39 is 16.7 Å². The Hall–Kier alpha value is -3.74. The molecule has 1 aromatic carbocycles. The van der Waals surface area contributed by atoms with Gasteiger partial charge < -0.3 is 29.2 Å². The average molecular weight is 582 g/mol. The van der Waals surface area contributed by atoms with Gasteiger partial charge in [0.05, 0.1) is 12.2 Å². The lowest BCUT2D eigenvalue weighted by atomic mass is 9.93. The van der Waals surface area contributed by atoms with E-state index in [0.717, 1.165) is 50.3 Å². The molecule has 1 saturated heterocycles. The van der Waals surface area contributed by atoms with Crippen molar-refractivity contribution in [1.29, 1.82) is 0 Å². The van der Waals surface area contributed by atoms with E-state index in [4.69, 9.17) is 25.8 Å². The average Bonchev–Trinajstić information content (AvgIpc) is 3.37. The third-order valence-electron chi connectivity index (χ3n) is 7.03. The van der Waals surface area contributed by atoms with Crippen LogP contribution in [0.25, 0.3) is 0 Å². The fourth-order valence-electron chi connectivity index (χ4n) is 4.77. The number of piperidine rings is 1. The summed E-state index contributed by atoms with van der Waals surface area (Å²) in [5, 5.41) is 10.8. The van der Waals surface area contributed by atoms with Crippen LogP contribution in [0.4, 0.5) is 24.7 Å². The fourth-order valence-corrected chi connectivity index (χ4v) is 4.99. The van der Waals surface area contributed by atoms with E-state index in [1.807, 2.05) is 24.3 Å². The van der Waals surface area contributed by atoms with Crippen LogP contribution in [0.1, 0.15) is 31.2 Å². The van der Waals surface area contributed by atoms with Crippen molar-refractivity contribution >= 4 is 23.1 Å². The highest BCUT2D eigenvalue weighted by molar-refractivity contribution is 6.31. The number of halogens is 4. The number of pyridine rings is 1. The summed E-state index contributed by atoms with van der Waals surface area (Å²) < 4.78 is 57.1. The second-order valence-corrected chi connectivity index (χ2v) is 10.1. The summed E-state index contributed by atoms with van der Waals surface area (Å²) in [6, 6.07) is 8.89. The molecule has 1 atom stereocenters. The molecule has 4 heterocycles. The lowest BCUT2D eigenvalue weighted by Crippen LogP contribution is -2.34. The number of nitrogens with zero attached hydrogens (tertiary/aromatic N) is 5. The smallest absolute Gasteiger partial charge is 0.417 e. The van der Waals surface area contributed by atoms with Gasteiger partial charge in [-0.05, 0) is 60.4 Å². The molecular formula is C26H27ClF3N5O5. The summed E-state index contributed by atoms with van der Waals surface area (Å²) in [7, 11) is 0. The van der Waals surface area contributed by atoms with E-state index in [1.165, 1.54) is 6.20 Å². The van der Waals surface area contributed by atoms with Crippen LogP contribution in [0.15, 0.2) is 42.7 Å². The monoisotopic (exact) mass is 581 g/mol. The maximum Gasteiger partial charge on any atom is 0.417 e. The first-order valence-corrected chi connectivity index (χ1v) is 13.2. The second-order valence-electron chi connectivity index (χ2n) is 9.74. The zero-order chi connectivity index (χ0) is 28.3.